The summed E-state index contributed by atoms with van der Waals surface area (Å²) in [5.41, 5.74) is 0.935. The predicted molar refractivity (Wildman–Crippen MR) is 67.0 cm³/mol. The van der Waals surface area contributed by atoms with Crippen LogP contribution in [-0.2, 0) is 19.1 Å². The van der Waals surface area contributed by atoms with Crippen LogP contribution in [0.15, 0.2) is 23.2 Å². The summed E-state index contributed by atoms with van der Waals surface area (Å²) in [7, 11) is 0. The summed E-state index contributed by atoms with van der Waals surface area (Å²) in [5, 5.41) is 2.85. The number of rotatable bonds is 2. The van der Waals surface area contributed by atoms with Gasteiger partial charge in [-0.15, -0.1) is 0 Å². The fourth-order valence-electron chi connectivity index (χ4n) is 2.77. The lowest BCUT2D eigenvalue weighted by molar-refractivity contribution is -0.124. The molecule has 3 aliphatic rings. The maximum Gasteiger partial charge on any atom is 0.220 e. The molecular formula is C14H17NO4. The van der Waals surface area contributed by atoms with Crippen molar-refractivity contribution in [1.82, 2.24) is 5.32 Å². The number of hydrogen-bond acceptors (Lipinski definition) is 4. The molecule has 19 heavy (non-hydrogen) atoms. The van der Waals surface area contributed by atoms with E-state index < -0.39 is 5.92 Å². The molecule has 0 aromatic carbocycles. The number of carbonyl (C=O) groups excluding carboxylic acids is 2. The molecule has 0 spiro atoms. The highest BCUT2D eigenvalue weighted by molar-refractivity contribution is 6.00. The van der Waals surface area contributed by atoms with E-state index >= 15 is 0 Å². The van der Waals surface area contributed by atoms with Gasteiger partial charge in [0.15, 0.2) is 5.76 Å². The Bertz CT molecular complexity index is 492. The van der Waals surface area contributed by atoms with Gasteiger partial charge >= 0.3 is 0 Å². The lowest BCUT2D eigenvalue weighted by atomic mass is 9.86. The normalized spacial score (nSPS) is 28.9. The van der Waals surface area contributed by atoms with E-state index in [1.54, 1.807) is 6.92 Å². The minimum Gasteiger partial charge on any atom is -0.495 e. The molecule has 0 aromatic rings. The molecule has 1 saturated heterocycles. The Hall–Kier alpha value is -1.78. The van der Waals surface area contributed by atoms with Crippen molar-refractivity contribution in [3.05, 3.63) is 23.2 Å². The van der Waals surface area contributed by atoms with E-state index in [0.29, 0.717) is 31.2 Å². The molecule has 2 heterocycles. The summed E-state index contributed by atoms with van der Waals surface area (Å²) in [6.07, 6.45) is 4.10. The van der Waals surface area contributed by atoms with E-state index in [1.807, 2.05) is 6.08 Å². The van der Waals surface area contributed by atoms with E-state index in [2.05, 4.69) is 5.32 Å². The van der Waals surface area contributed by atoms with Crippen LogP contribution in [0.2, 0.25) is 0 Å². The van der Waals surface area contributed by atoms with Crippen LogP contribution in [0.4, 0.5) is 0 Å². The molecule has 1 amide bonds. The SMILES string of the molecule is CCC(=O)NC1COC2=CC3=C(OCCC3)C(=O)C21. The van der Waals surface area contributed by atoms with Gasteiger partial charge in [-0.1, -0.05) is 6.92 Å². The first kappa shape index (κ1) is 12.3. The highest BCUT2D eigenvalue weighted by atomic mass is 16.5. The van der Waals surface area contributed by atoms with Crippen molar-refractivity contribution >= 4 is 11.7 Å². The third-order valence-corrected chi connectivity index (χ3v) is 3.76. The van der Waals surface area contributed by atoms with E-state index in [1.165, 1.54) is 0 Å². The van der Waals surface area contributed by atoms with Crippen molar-refractivity contribution in [2.45, 2.75) is 32.2 Å². The Labute approximate surface area is 111 Å². The topological polar surface area (TPSA) is 64.6 Å². The van der Waals surface area contributed by atoms with Gasteiger partial charge in [-0.05, 0) is 18.9 Å². The summed E-state index contributed by atoms with van der Waals surface area (Å²) >= 11 is 0. The van der Waals surface area contributed by atoms with Gasteiger partial charge in [0.1, 0.15) is 18.3 Å². The Morgan fingerprint density at radius 2 is 2.32 bits per heavy atom. The van der Waals surface area contributed by atoms with Crippen LogP contribution in [0.3, 0.4) is 0 Å². The van der Waals surface area contributed by atoms with Gasteiger partial charge in [0.25, 0.3) is 0 Å². The number of fused-ring (bicyclic) bond motifs is 1. The smallest absolute Gasteiger partial charge is 0.220 e. The lowest BCUT2D eigenvalue weighted by Crippen LogP contribution is -2.43. The number of ether oxygens (including phenoxy) is 2. The summed E-state index contributed by atoms with van der Waals surface area (Å²) < 4.78 is 11.1. The van der Waals surface area contributed by atoms with Crippen molar-refractivity contribution in [2.24, 2.45) is 5.92 Å². The van der Waals surface area contributed by atoms with Crippen LogP contribution < -0.4 is 5.32 Å². The Kier molecular flexibility index (Phi) is 3.05. The number of carbonyl (C=O) groups is 2. The van der Waals surface area contributed by atoms with Gasteiger partial charge < -0.3 is 14.8 Å². The molecule has 0 saturated carbocycles. The number of hydrogen-bond donors (Lipinski definition) is 1. The number of Topliss-reactive ketones (excluding diaryl/α,β-unsaturated/α-hetero) is 1. The number of allylic oxidation sites excluding steroid dienone is 3. The van der Waals surface area contributed by atoms with Gasteiger partial charge in [-0.2, -0.15) is 0 Å². The fraction of sp³-hybridized carbons (Fsp3) is 0.571. The molecule has 5 nitrogen and oxygen atoms in total. The standard InChI is InChI=1S/C14H17NO4/c1-2-11(16)15-9-7-19-10-6-8-4-3-5-18-14(8)13(17)12(9)10/h6,9,12H,2-5,7H2,1H3,(H,15,16). The van der Waals surface area contributed by atoms with Crippen molar-refractivity contribution in [2.75, 3.05) is 13.2 Å². The third kappa shape index (κ3) is 2.03. The second kappa shape index (κ2) is 4.72. The monoisotopic (exact) mass is 263 g/mol. The minimum atomic E-state index is -0.410. The van der Waals surface area contributed by atoms with Gasteiger partial charge in [0.05, 0.1) is 12.6 Å². The van der Waals surface area contributed by atoms with Crippen LogP contribution in [0.5, 0.6) is 0 Å². The average molecular weight is 263 g/mol. The van der Waals surface area contributed by atoms with Gasteiger partial charge in [0.2, 0.25) is 11.7 Å². The molecule has 1 aliphatic carbocycles. The van der Waals surface area contributed by atoms with Crippen LogP contribution in [0, 0.1) is 5.92 Å². The molecule has 0 aromatic heterocycles. The summed E-state index contributed by atoms with van der Waals surface area (Å²) in [4.78, 5) is 24.0. The molecule has 0 bridgehead atoms. The summed E-state index contributed by atoms with van der Waals surface area (Å²) in [6.45, 7) is 2.73. The van der Waals surface area contributed by atoms with Crippen LogP contribution in [0.1, 0.15) is 26.2 Å². The maximum atomic E-state index is 12.5. The van der Waals surface area contributed by atoms with Crippen molar-refractivity contribution in [3.63, 3.8) is 0 Å². The molecule has 0 radical (unpaired) electrons. The van der Waals surface area contributed by atoms with E-state index in [4.69, 9.17) is 9.47 Å². The Morgan fingerprint density at radius 1 is 1.47 bits per heavy atom. The average Bonchev–Trinajstić information content (AvgIpc) is 2.82. The third-order valence-electron chi connectivity index (χ3n) is 3.76. The summed E-state index contributed by atoms with van der Waals surface area (Å²) in [5.74, 6) is 0.627. The molecule has 1 N–H and O–H groups in total. The Balaban J connectivity index is 1.85. The zero-order valence-corrected chi connectivity index (χ0v) is 10.9. The number of amides is 1. The molecule has 2 unspecified atom stereocenters. The molecule has 2 atom stereocenters. The molecule has 2 aliphatic heterocycles. The van der Waals surface area contributed by atoms with E-state index in [9.17, 15) is 9.59 Å². The fourth-order valence-corrected chi connectivity index (χ4v) is 2.77. The zero-order chi connectivity index (χ0) is 13.4. The van der Waals surface area contributed by atoms with E-state index in [-0.39, 0.29) is 17.7 Å². The number of ketones is 1. The second-order valence-electron chi connectivity index (χ2n) is 5.03. The molecule has 3 rings (SSSR count). The van der Waals surface area contributed by atoms with Gasteiger partial charge in [0, 0.05) is 12.0 Å². The van der Waals surface area contributed by atoms with E-state index in [0.717, 1.165) is 18.4 Å². The first-order valence-electron chi connectivity index (χ1n) is 6.74. The van der Waals surface area contributed by atoms with Crippen LogP contribution >= 0.6 is 0 Å². The zero-order valence-electron chi connectivity index (χ0n) is 10.9. The van der Waals surface area contributed by atoms with Crippen LogP contribution in [0.25, 0.3) is 0 Å². The largest absolute Gasteiger partial charge is 0.495 e. The highest BCUT2D eigenvalue weighted by Gasteiger charge is 2.45. The molecule has 102 valence electrons. The quantitative estimate of drug-likeness (QED) is 0.809. The molecule has 5 heteroatoms. The molecular weight excluding hydrogens is 246 g/mol. The van der Waals surface area contributed by atoms with Crippen molar-refractivity contribution < 1.29 is 19.1 Å². The van der Waals surface area contributed by atoms with Crippen molar-refractivity contribution in [1.29, 1.82) is 0 Å². The maximum absolute atomic E-state index is 12.5. The first-order valence-corrected chi connectivity index (χ1v) is 6.74. The van der Waals surface area contributed by atoms with Crippen LogP contribution in [-0.4, -0.2) is 30.9 Å². The Morgan fingerprint density at radius 3 is 3.11 bits per heavy atom. The van der Waals surface area contributed by atoms with Gasteiger partial charge in [-0.3, -0.25) is 9.59 Å². The number of nitrogens with one attached hydrogen (secondary N) is 1. The molecule has 1 fully saturated rings. The van der Waals surface area contributed by atoms with Crippen molar-refractivity contribution in [3.8, 4) is 0 Å². The highest BCUT2D eigenvalue weighted by Crippen LogP contribution is 2.37. The minimum absolute atomic E-state index is 0.0499. The summed E-state index contributed by atoms with van der Waals surface area (Å²) in [6, 6.07) is -0.272. The second-order valence-corrected chi connectivity index (χ2v) is 5.03. The first-order chi connectivity index (χ1) is 9.20. The van der Waals surface area contributed by atoms with Gasteiger partial charge in [-0.25, -0.2) is 0 Å². The predicted octanol–water partition coefficient (Wildman–Crippen LogP) is 1.06. The lowest BCUT2D eigenvalue weighted by Gasteiger charge is -2.26.